The summed E-state index contributed by atoms with van der Waals surface area (Å²) in [4.78, 5) is 13.6. The fourth-order valence-electron chi connectivity index (χ4n) is 2.11. The second kappa shape index (κ2) is 9.52. The minimum Gasteiger partial charge on any atom is -0.383 e. The first-order chi connectivity index (χ1) is 12.4. The minimum absolute atomic E-state index is 0.0137. The average molecular weight is 459 g/mol. The molecular weight excluding hydrogens is 440 g/mol. The van der Waals surface area contributed by atoms with Gasteiger partial charge in [-0.1, -0.05) is 6.07 Å². The summed E-state index contributed by atoms with van der Waals surface area (Å²) in [6.07, 6.45) is 1.95. The summed E-state index contributed by atoms with van der Waals surface area (Å²) in [7, 11) is -2.23. The molecule has 0 saturated heterocycles. The first kappa shape index (κ1) is 20.9. The van der Waals surface area contributed by atoms with E-state index in [-0.39, 0.29) is 23.6 Å². The van der Waals surface area contributed by atoms with Gasteiger partial charge in [0.15, 0.2) is 0 Å². The summed E-state index contributed by atoms with van der Waals surface area (Å²) in [5.74, 6) is -0.399. The van der Waals surface area contributed by atoms with E-state index in [2.05, 4.69) is 26.0 Å². The maximum atomic E-state index is 12.6. The van der Waals surface area contributed by atoms with Crippen molar-refractivity contribution in [3.05, 3.63) is 52.5 Å². The third-order valence-electron chi connectivity index (χ3n) is 3.42. The zero-order valence-electron chi connectivity index (χ0n) is 14.3. The van der Waals surface area contributed by atoms with Gasteiger partial charge < -0.3 is 10.1 Å². The molecule has 140 valence electrons. The molecule has 0 unspecified atom stereocenters. The zero-order chi connectivity index (χ0) is 19.2. The van der Waals surface area contributed by atoms with Gasteiger partial charge in [-0.2, -0.15) is 0 Å². The number of anilines is 1. The van der Waals surface area contributed by atoms with Crippen LogP contribution in [-0.2, 0) is 14.8 Å². The number of thioether (sulfide) groups is 1. The van der Waals surface area contributed by atoms with Gasteiger partial charge in [-0.15, -0.1) is 11.8 Å². The maximum absolute atomic E-state index is 12.6. The number of nitrogens with one attached hydrogen (secondary N) is 2. The number of hydrogen-bond donors (Lipinski definition) is 2. The highest BCUT2D eigenvalue weighted by molar-refractivity contribution is 9.10. The number of benzene rings is 2. The summed E-state index contributed by atoms with van der Waals surface area (Å²) in [5.41, 5.74) is 0.870. The van der Waals surface area contributed by atoms with Crippen molar-refractivity contribution in [2.24, 2.45) is 0 Å². The van der Waals surface area contributed by atoms with Gasteiger partial charge in [0.05, 0.1) is 17.1 Å². The number of halogens is 1. The number of ether oxygens (including phenoxy) is 1. The largest absolute Gasteiger partial charge is 0.383 e. The van der Waals surface area contributed by atoms with E-state index in [1.807, 2.05) is 24.5 Å². The van der Waals surface area contributed by atoms with Crippen LogP contribution in [0.1, 0.15) is 10.4 Å². The van der Waals surface area contributed by atoms with E-state index in [0.717, 1.165) is 4.90 Å². The van der Waals surface area contributed by atoms with Crippen LogP contribution in [0.3, 0.4) is 0 Å². The molecule has 0 radical (unpaired) electrons. The lowest BCUT2D eigenvalue weighted by atomic mass is 10.2. The molecule has 0 bridgehead atoms. The molecule has 2 aromatic carbocycles. The molecule has 6 nitrogen and oxygen atoms in total. The normalized spacial score (nSPS) is 11.3. The minimum atomic E-state index is -3.72. The van der Waals surface area contributed by atoms with Crippen LogP contribution >= 0.6 is 27.7 Å². The first-order valence-corrected chi connectivity index (χ1v) is 11.1. The Hall–Kier alpha value is -1.39. The van der Waals surface area contributed by atoms with Crippen LogP contribution in [-0.4, -0.2) is 40.8 Å². The Morgan fingerprint density at radius 1 is 1.23 bits per heavy atom. The van der Waals surface area contributed by atoms with Crippen LogP contribution in [0.15, 0.2) is 56.7 Å². The van der Waals surface area contributed by atoms with Gasteiger partial charge in [-0.3, -0.25) is 4.79 Å². The molecular formula is C17H19BrN2O4S2. The molecule has 0 fully saturated rings. The summed E-state index contributed by atoms with van der Waals surface area (Å²) in [6.45, 7) is 0.410. The number of amides is 1. The van der Waals surface area contributed by atoms with Crippen molar-refractivity contribution in [3.63, 3.8) is 0 Å². The number of rotatable bonds is 8. The van der Waals surface area contributed by atoms with Gasteiger partial charge >= 0.3 is 0 Å². The van der Waals surface area contributed by atoms with Crippen LogP contribution in [0.4, 0.5) is 5.69 Å². The Bertz CT molecular complexity index is 888. The molecule has 1 amide bonds. The van der Waals surface area contributed by atoms with Crippen LogP contribution in [0.5, 0.6) is 0 Å². The highest BCUT2D eigenvalue weighted by atomic mass is 79.9. The fourth-order valence-corrected chi connectivity index (χ4v) is 4.03. The molecule has 0 aromatic heterocycles. The number of methoxy groups -OCH3 is 1. The lowest BCUT2D eigenvalue weighted by Crippen LogP contribution is -2.27. The second-order valence-corrected chi connectivity index (χ2v) is 8.72. The summed E-state index contributed by atoms with van der Waals surface area (Å²) >= 11 is 4.87. The number of sulfonamides is 1. The first-order valence-electron chi connectivity index (χ1n) is 7.61. The molecule has 0 saturated carbocycles. The highest BCUT2D eigenvalue weighted by Crippen LogP contribution is 2.24. The Balaban J connectivity index is 2.24. The molecule has 0 heterocycles. The highest BCUT2D eigenvalue weighted by Gasteiger charge is 2.18. The Labute approximate surface area is 165 Å². The SMILES string of the molecule is COCCNS(=O)(=O)c1ccc(Br)c(C(=O)Nc2cccc(SC)c2)c1. The fraction of sp³-hybridized carbons (Fsp3) is 0.235. The van der Waals surface area contributed by atoms with Crippen molar-refractivity contribution in [1.29, 1.82) is 0 Å². The third-order valence-corrected chi connectivity index (χ3v) is 6.29. The molecule has 0 aliphatic rings. The summed E-state index contributed by atoms with van der Waals surface area (Å²) in [6, 6.07) is 11.7. The van der Waals surface area contributed by atoms with Gasteiger partial charge in [0.2, 0.25) is 10.0 Å². The van der Waals surface area contributed by atoms with Crippen molar-refractivity contribution in [2.75, 3.05) is 31.8 Å². The van der Waals surface area contributed by atoms with Gasteiger partial charge in [0.25, 0.3) is 5.91 Å². The molecule has 26 heavy (non-hydrogen) atoms. The van der Waals surface area contributed by atoms with E-state index in [1.165, 1.54) is 25.3 Å². The quantitative estimate of drug-likeness (QED) is 0.467. The molecule has 2 rings (SSSR count). The maximum Gasteiger partial charge on any atom is 0.256 e. The van der Waals surface area contributed by atoms with E-state index >= 15 is 0 Å². The summed E-state index contributed by atoms with van der Waals surface area (Å²) < 4.78 is 32.4. The zero-order valence-corrected chi connectivity index (χ0v) is 17.5. The average Bonchev–Trinajstić information content (AvgIpc) is 2.62. The van der Waals surface area contributed by atoms with E-state index in [1.54, 1.807) is 17.8 Å². The van der Waals surface area contributed by atoms with Crippen LogP contribution < -0.4 is 10.0 Å². The van der Waals surface area contributed by atoms with Crippen LogP contribution in [0.2, 0.25) is 0 Å². The number of hydrogen-bond acceptors (Lipinski definition) is 5. The summed E-state index contributed by atoms with van der Waals surface area (Å²) in [5, 5.41) is 2.79. The third kappa shape index (κ3) is 5.55. The molecule has 2 N–H and O–H groups in total. The number of carbonyl (C=O) groups excluding carboxylic acids is 1. The molecule has 0 aliphatic heterocycles. The topological polar surface area (TPSA) is 84.5 Å². The predicted molar refractivity (Wildman–Crippen MR) is 107 cm³/mol. The molecule has 9 heteroatoms. The van der Waals surface area contributed by atoms with E-state index in [9.17, 15) is 13.2 Å². The monoisotopic (exact) mass is 458 g/mol. The number of carbonyl (C=O) groups is 1. The van der Waals surface area contributed by atoms with Gasteiger partial charge in [0.1, 0.15) is 0 Å². The van der Waals surface area contributed by atoms with Crippen molar-refractivity contribution in [1.82, 2.24) is 4.72 Å². The van der Waals surface area contributed by atoms with E-state index in [4.69, 9.17) is 4.74 Å². The van der Waals surface area contributed by atoms with Gasteiger partial charge in [-0.25, -0.2) is 13.1 Å². The Morgan fingerprint density at radius 3 is 2.69 bits per heavy atom. The molecule has 0 aliphatic carbocycles. The Morgan fingerprint density at radius 2 is 2.00 bits per heavy atom. The molecule has 0 atom stereocenters. The van der Waals surface area contributed by atoms with Crippen molar-refractivity contribution < 1.29 is 17.9 Å². The van der Waals surface area contributed by atoms with E-state index in [0.29, 0.717) is 10.2 Å². The standard InChI is InChI=1S/C17H19BrN2O4S2/c1-24-9-8-19-26(22,23)14-6-7-16(18)15(11-14)17(21)20-12-4-3-5-13(10-12)25-2/h3-7,10-11,19H,8-9H2,1-2H3,(H,20,21). The van der Waals surface area contributed by atoms with Crippen LogP contribution in [0, 0.1) is 0 Å². The molecule has 0 spiro atoms. The van der Waals surface area contributed by atoms with Crippen molar-refractivity contribution in [3.8, 4) is 0 Å². The smallest absolute Gasteiger partial charge is 0.256 e. The lowest BCUT2D eigenvalue weighted by Gasteiger charge is -2.11. The Kier molecular flexibility index (Phi) is 7.66. The molecule has 2 aromatic rings. The van der Waals surface area contributed by atoms with Crippen molar-refractivity contribution >= 4 is 49.3 Å². The van der Waals surface area contributed by atoms with Gasteiger partial charge in [0, 0.05) is 28.7 Å². The predicted octanol–water partition coefficient (Wildman–Crippen LogP) is 3.35. The van der Waals surface area contributed by atoms with E-state index < -0.39 is 15.9 Å². The van der Waals surface area contributed by atoms with Crippen molar-refractivity contribution in [2.45, 2.75) is 9.79 Å². The second-order valence-electron chi connectivity index (χ2n) is 5.22. The lowest BCUT2D eigenvalue weighted by molar-refractivity contribution is 0.102. The van der Waals surface area contributed by atoms with Gasteiger partial charge in [-0.05, 0) is 58.6 Å². The van der Waals surface area contributed by atoms with Crippen LogP contribution in [0.25, 0.3) is 0 Å².